The fourth-order valence-electron chi connectivity index (χ4n) is 2.10. The van der Waals surface area contributed by atoms with E-state index in [4.69, 9.17) is 11.5 Å². The summed E-state index contributed by atoms with van der Waals surface area (Å²) in [6.45, 7) is 4.12. The summed E-state index contributed by atoms with van der Waals surface area (Å²) < 4.78 is 0. The lowest BCUT2D eigenvalue weighted by molar-refractivity contribution is -0.140. The molecule has 4 nitrogen and oxygen atoms in total. The first-order chi connectivity index (χ1) is 7.42. The van der Waals surface area contributed by atoms with Gasteiger partial charge in [-0.25, -0.2) is 0 Å². The van der Waals surface area contributed by atoms with Crippen LogP contribution in [-0.4, -0.2) is 23.5 Å². The monoisotopic (exact) mass is 223 g/mol. The van der Waals surface area contributed by atoms with E-state index in [1.807, 2.05) is 0 Å². The van der Waals surface area contributed by atoms with Gasteiger partial charge in [0, 0.05) is 13.0 Å². The van der Waals surface area contributed by atoms with Gasteiger partial charge in [0.1, 0.15) is 0 Å². The van der Waals surface area contributed by atoms with Crippen LogP contribution in [0.1, 0.15) is 26.7 Å². The van der Waals surface area contributed by atoms with E-state index < -0.39 is 23.2 Å². The summed E-state index contributed by atoms with van der Waals surface area (Å²) in [5, 5.41) is 11.6. The molecule has 2 N–H and O–H groups in total. The predicted molar refractivity (Wildman–Crippen MR) is 59.5 cm³/mol. The molecule has 2 atom stereocenters. The Kier molecular flexibility index (Phi) is 3.58. The number of nitrogens with one attached hydrogen (secondary N) is 1. The summed E-state index contributed by atoms with van der Waals surface area (Å²) in [7, 11) is 0. The van der Waals surface area contributed by atoms with Crippen molar-refractivity contribution in [3.8, 4) is 12.3 Å². The maximum Gasteiger partial charge on any atom is 0.307 e. The molecule has 0 bridgehead atoms. The molecule has 0 saturated heterocycles. The first-order valence-corrected chi connectivity index (χ1v) is 5.37. The topological polar surface area (TPSA) is 66.4 Å². The van der Waals surface area contributed by atoms with Crippen molar-refractivity contribution in [2.24, 2.45) is 17.3 Å². The lowest BCUT2D eigenvalue weighted by Gasteiger charge is -2.04. The second-order valence-corrected chi connectivity index (χ2v) is 4.71. The molecule has 0 aromatic rings. The molecule has 0 heterocycles. The Morgan fingerprint density at radius 2 is 2.06 bits per heavy atom. The number of rotatable bonds is 5. The number of carbonyl (C=O) groups excluding carboxylic acids is 1. The Morgan fingerprint density at radius 3 is 2.50 bits per heavy atom. The number of unbranched alkanes of at least 4 members (excludes halogenated alkanes) is 1. The van der Waals surface area contributed by atoms with E-state index in [-0.39, 0.29) is 5.91 Å². The summed E-state index contributed by atoms with van der Waals surface area (Å²) >= 11 is 0. The number of aliphatic carboxylic acids is 1. The molecule has 1 amide bonds. The lowest BCUT2D eigenvalue weighted by Crippen LogP contribution is -2.28. The highest BCUT2D eigenvalue weighted by molar-refractivity contribution is 5.91. The molecule has 88 valence electrons. The van der Waals surface area contributed by atoms with Crippen LogP contribution >= 0.6 is 0 Å². The van der Waals surface area contributed by atoms with Gasteiger partial charge in [-0.3, -0.25) is 9.59 Å². The molecule has 1 rings (SSSR count). The standard InChI is InChI=1S/C12H17NO3/c1-4-5-6-7-13-10(14)8-9(11(15)16)12(8,2)3/h1,8-9H,5-7H2,2-3H3,(H,13,14)(H,15,16)/t8-,9+/m1/s1. The van der Waals surface area contributed by atoms with Crippen LogP contribution in [0.2, 0.25) is 0 Å². The molecule has 0 aliphatic heterocycles. The maximum atomic E-state index is 11.7. The Labute approximate surface area is 95.4 Å². The third kappa shape index (κ3) is 2.35. The van der Waals surface area contributed by atoms with Crippen LogP contribution in [0.5, 0.6) is 0 Å². The van der Waals surface area contributed by atoms with Crippen LogP contribution in [-0.2, 0) is 9.59 Å². The van der Waals surface area contributed by atoms with Crippen molar-refractivity contribution in [2.75, 3.05) is 6.54 Å². The van der Waals surface area contributed by atoms with Gasteiger partial charge >= 0.3 is 5.97 Å². The first kappa shape index (κ1) is 12.6. The molecule has 1 fully saturated rings. The van der Waals surface area contributed by atoms with Crippen molar-refractivity contribution in [3.05, 3.63) is 0 Å². The van der Waals surface area contributed by atoms with Crippen LogP contribution in [0.15, 0.2) is 0 Å². The number of carboxylic acids is 1. The van der Waals surface area contributed by atoms with Crippen LogP contribution in [0.3, 0.4) is 0 Å². The van der Waals surface area contributed by atoms with Gasteiger partial charge in [-0.1, -0.05) is 13.8 Å². The van der Waals surface area contributed by atoms with Gasteiger partial charge in [-0.2, -0.15) is 0 Å². The highest BCUT2D eigenvalue weighted by Gasteiger charge is 2.65. The number of carbonyl (C=O) groups is 2. The molecule has 4 heteroatoms. The van der Waals surface area contributed by atoms with Crippen molar-refractivity contribution >= 4 is 11.9 Å². The summed E-state index contributed by atoms with van der Waals surface area (Å²) in [4.78, 5) is 22.5. The zero-order valence-electron chi connectivity index (χ0n) is 9.62. The van der Waals surface area contributed by atoms with Gasteiger partial charge in [0.25, 0.3) is 0 Å². The highest BCUT2D eigenvalue weighted by Crippen LogP contribution is 2.58. The zero-order chi connectivity index (χ0) is 12.3. The smallest absolute Gasteiger partial charge is 0.307 e. The Hall–Kier alpha value is -1.50. The number of carboxylic acid groups (broad SMARTS) is 1. The van der Waals surface area contributed by atoms with Crippen molar-refractivity contribution in [1.82, 2.24) is 5.32 Å². The minimum absolute atomic E-state index is 0.172. The lowest BCUT2D eigenvalue weighted by atomic mass is 10.1. The minimum Gasteiger partial charge on any atom is -0.481 e. The summed E-state index contributed by atoms with van der Waals surface area (Å²) in [6.07, 6.45) is 6.43. The van der Waals surface area contributed by atoms with E-state index >= 15 is 0 Å². The third-order valence-electron chi connectivity index (χ3n) is 3.17. The summed E-state index contributed by atoms with van der Waals surface area (Å²) in [5.74, 6) is 0.456. The number of amides is 1. The number of hydrogen-bond acceptors (Lipinski definition) is 2. The predicted octanol–water partition coefficient (Wildman–Crippen LogP) is 0.873. The minimum atomic E-state index is -0.895. The first-order valence-electron chi connectivity index (χ1n) is 5.37. The largest absolute Gasteiger partial charge is 0.481 e. The Bertz CT molecular complexity index is 341. The SMILES string of the molecule is C#CCCCNC(=O)[C@H]1[C@@H](C(=O)O)C1(C)C. The molecule has 0 aromatic carbocycles. The van der Waals surface area contributed by atoms with E-state index in [2.05, 4.69) is 11.2 Å². The molecular weight excluding hydrogens is 206 g/mol. The highest BCUT2D eigenvalue weighted by atomic mass is 16.4. The summed E-state index contributed by atoms with van der Waals surface area (Å²) in [5.41, 5.74) is -0.429. The maximum absolute atomic E-state index is 11.7. The van der Waals surface area contributed by atoms with E-state index in [9.17, 15) is 9.59 Å². The van der Waals surface area contributed by atoms with Crippen LogP contribution in [0.25, 0.3) is 0 Å². The van der Waals surface area contributed by atoms with Gasteiger partial charge in [-0.05, 0) is 11.8 Å². The van der Waals surface area contributed by atoms with Crippen LogP contribution in [0.4, 0.5) is 0 Å². The molecule has 0 aromatic heterocycles. The van der Waals surface area contributed by atoms with Crippen LogP contribution < -0.4 is 5.32 Å². The molecule has 0 spiro atoms. The second-order valence-electron chi connectivity index (χ2n) is 4.71. The average Bonchev–Trinajstić information content (AvgIpc) is 2.76. The Balaban J connectivity index is 2.40. The molecule has 1 aliphatic carbocycles. The Morgan fingerprint density at radius 1 is 1.44 bits per heavy atom. The van der Waals surface area contributed by atoms with Crippen LogP contribution in [0, 0.1) is 29.6 Å². The third-order valence-corrected chi connectivity index (χ3v) is 3.17. The van der Waals surface area contributed by atoms with Crippen molar-refractivity contribution in [1.29, 1.82) is 0 Å². The van der Waals surface area contributed by atoms with Gasteiger partial charge < -0.3 is 10.4 Å². The quantitative estimate of drug-likeness (QED) is 0.537. The fraction of sp³-hybridized carbons (Fsp3) is 0.667. The van der Waals surface area contributed by atoms with Gasteiger partial charge in [0.2, 0.25) is 5.91 Å². The molecule has 1 saturated carbocycles. The average molecular weight is 223 g/mol. The molecule has 16 heavy (non-hydrogen) atoms. The molecule has 0 radical (unpaired) electrons. The number of hydrogen-bond donors (Lipinski definition) is 2. The fourth-order valence-corrected chi connectivity index (χ4v) is 2.10. The van der Waals surface area contributed by atoms with E-state index in [1.54, 1.807) is 13.8 Å². The van der Waals surface area contributed by atoms with E-state index in [0.717, 1.165) is 6.42 Å². The van der Waals surface area contributed by atoms with Crippen molar-refractivity contribution < 1.29 is 14.7 Å². The second kappa shape index (κ2) is 4.56. The molecular formula is C12H17NO3. The molecule has 0 unspecified atom stereocenters. The number of terminal acetylenes is 1. The van der Waals surface area contributed by atoms with Gasteiger partial charge in [0.15, 0.2) is 0 Å². The normalized spacial score (nSPS) is 25.6. The summed E-state index contributed by atoms with van der Waals surface area (Å²) in [6, 6.07) is 0. The zero-order valence-corrected chi connectivity index (χ0v) is 9.62. The van der Waals surface area contributed by atoms with Gasteiger partial charge in [0.05, 0.1) is 11.8 Å². The van der Waals surface area contributed by atoms with Gasteiger partial charge in [-0.15, -0.1) is 12.3 Å². The van der Waals surface area contributed by atoms with E-state index in [1.165, 1.54) is 0 Å². The molecule has 1 aliphatic rings. The van der Waals surface area contributed by atoms with E-state index in [0.29, 0.717) is 13.0 Å². The van der Waals surface area contributed by atoms with Crippen molar-refractivity contribution in [3.63, 3.8) is 0 Å². The van der Waals surface area contributed by atoms with Crippen molar-refractivity contribution in [2.45, 2.75) is 26.7 Å².